The summed E-state index contributed by atoms with van der Waals surface area (Å²) in [6.07, 6.45) is 0.833. The van der Waals surface area contributed by atoms with Gasteiger partial charge in [0.2, 0.25) is 0 Å². The maximum absolute atomic E-state index is 9.14. The minimum absolute atomic E-state index is 0.249. The fourth-order valence-corrected chi connectivity index (χ4v) is 2.80. The summed E-state index contributed by atoms with van der Waals surface area (Å²) in [4.78, 5) is 4.76. The minimum Gasteiger partial charge on any atom is -0.396 e. The van der Waals surface area contributed by atoms with E-state index in [0.29, 0.717) is 6.04 Å². The van der Waals surface area contributed by atoms with Gasteiger partial charge < -0.3 is 10.0 Å². The summed E-state index contributed by atoms with van der Waals surface area (Å²) in [5, 5.41) is 16.8. The molecule has 1 N–H and O–H groups in total. The molecular weight excluding hydrogens is 256 g/mol. The van der Waals surface area contributed by atoms with Gasteiger partial charge >= 0.3 is 0 Å². The highest BCUT2D eigenvalue weighted by Crippen LogP contribution is 2.16. The third-order valence-corrected chi connectivity index (χ3v) is 4.05. The minimum atomic E-state index is 0.249. The molecule has 1 saturated heterocycles. The van der Waals surface area contributed by atoms with Gasteiger partial charge in [-0.1, -0.05) is 6.07 Å². The van der Waals surface area contributed by atoms with Crippen LogP contribution >= 0.6 is 0 Å². The van der Waals surface area contributed by atoms with Crippen molar-refractivity contribution in [1.82, 2.24) is 20.1 Å². The summed E-state index contributed by atoms with van der Waals surface area (Å²) in [7, 11) is 2.13. The van der Waals surface area contributed by atoms with Gasteiger partial charge in [-0.05, 0) is 41.5 Å². The molecule has 0 radical (unpaired) electrons. The molecule has 1 aliphatic rings. The predicted octanol–water partition coefficient (Wildman–Crippen LogP) is 0.721. The van der Waals surface area contributed by atoms with Crippen molar-refractivity contribution in [1.29, 1.82) is 0 Å². The first kappa shape index (κ1) is 13.5. The van der Waals surface area contributed by atoms with Gasteiger partial charge in [-0.15, -0.1) is 0 Å². The van der Waals surface area contributed by atoms with Crippen molar-refractivity contribution < 1.29 is 9.74 Å². The van der Waals surface area contributed by atoms with Gasteiger partial charge in [0.1, 0.15) is 11.0 Å². The highest BCUT2D eigenvalue weighted by Gasteiger charge is 2.23. The summed E-state index contributed by atoms with van der Waals surface area (Å²) in [6, 6.07) is 6.49. The first-order valence-corrected chi connectivity index (χ1v) is 7.01. The number of nitrogens with zero attached hydrogens (tertiary/aromatic N) is 4. The molecule has 2 heterocycles. The lowest BCUT2D eigenvalue weighted by atomic mass is 10.1. The Balaban J connectivity index is 1.67. The molecule has 0 bridgehead atoms. The molecule has 0 unspecified atom stereocenters. The largest absolute Gasteiger partial charge is 0.396 e. The molecule has 1 aromatic heterocycles. The number of piperazine rings is 1. The summed E-state index contributed by atoms with van der Waals surface area (Å²) in [6.45, 7) is 4.23. The maximum atomic E-state index is 9.14. The second kappa shape index (κ2) is 5.87. The topological polar surface area (TPSA) is 65.6 Å². The molecule has 3 rings (SSSR count). The monoisotopic (exact) mass is 276 g/mol. The van der Waals surface area contributed by atoms with Crippen molar-refractivity contribution in [2.75, 3.05) is 33.3 Å². The Morgan fingerprint density at radius 1 is 1.30 bits per heavy atom. The lowest BCUT2D eigenvalue weighted by Crippen LogP contribution is -2.51. The molecule has 1 fully saturated rings. The molecule has 1 aliphatic heterocycles. The molecule has 6 nitrogen and oxygen atoms in total. The lowest BCUT2D eigenvalue weighted by Gasteiger charge is -2.39. The second-order valence-electron chi connectivity index (χ2n) is 5.47. The van der Waals surface area contributed by atoms with E-state index in [1.807, 2.05) is 12.1 Å². The fourth-order valence-electron chi connectivity index (χ4n) is 2.80. The molecule has 0 spiro atoms. The Morgan fingerprint density at radius 3 is 3.00 bits per heavy atom. The van der Waals surface area contributed by atoms with Gasteiger partial charge in [0.25, 0.3) is 0 Å². The molecule has 0 saturated carbocycles. The van der Waals surface area contributed by atoms with Crippen molar-refractivity contribution in [2.45, 2.75) is 19.0 Å². The van der Waals surface area contributed by atoms with E-state index >= 15 is 0 Å². The van der Waals surface area contributed by atoms with Crippen molar-refractivity contribution in [3.05, 3.63) is 23.8 Å². The van der Waals surface area contributed by atoms with Crippen molar-refractivity contribution in [2.24, 2.45) is 0 Å². The molecule has 20 heavy (non-hydrogen) atoms. The van der Waals surface area contributed by atoms with Crippen molar-refractivity contribution >= 4 is 11.0 Å². The Bertz CT molecular complexity index is 571. The number of likely N-dealkylation sites (N-methyl/N-ethyl adjacent to an activating group) is 1. The number of rotatable bonds is 4. The molecule has 1 aromatic carbocycles. The van der Waals surface area contributed by atoms with Crippen LogP contribution in [0.25, 0.3) is 11.0 Å². The number of aromatic nitrogens is 2. The molecule has 1 atom stereocenters. The average molecular weight is 276 g/mol. The van der Waals surface area contributed by atoms with E-state index in [-0.39, 0.29) is 6.61 Å². The van der Waals surface area contributed by atoms with Crippen LogP contribution in [-0.4, -0.2) is 64.6 Å². The zero-order valence-corrected chi connectivity index (χ0v) is 11.7. The van der Waals surface area contributed by atoms with Crippen molar-refractivity contribution in [3.63, 3.8) is 0 Å². The predicted molar refractivity (Wildman–Crippen MR) is 75.2 cm³/mol. The zero-order valence-electron chi connectivity index (χ0n) is 11.7. The number of benzene rings is 1. The zero-order chi connectivity index (χ0) is 13.9. The first-order valence-electron chi connectivity index (χ1n) is 7.01. The van der Waals surface area contributed by atoms with Crippen LogP contribution in [0.1, 0.15) is 12.0 Å². The average Bonchev–Trinajstić information content (AvgIpc) is 2.90. The van der Waals surface area contributed by atoms with Crippen LogP contribution in [0.2, 0.25) is 0 Å². The van der Waals surface area contributed by atoms with Gasteiger partial charge in [0.15, 0.2) is 0 Å². The van der Waals surface area contributed by atoms with E-state index in [2.05, 4.69) is 33.2 Å². The Kier molecular flexibility index (Phi) is 3.95. The van der Waals surface area contributed by atoms with Gasteiger partial charge in [-0.25, -0.2) is 4.63 Å². The second-order valence-corrected chi connectivity index (χ2v) is 5.47. The van der Waals surface area contributed by atoms with Gasteiger partial charge in [0.05, 0.1) is 0 Å². The standard InChI is InChI=1S/C14H20N4O2/c1-17-5-6-18(10-12(17)4-7-19)9-11-2-3-13-14(8-11)16-20-15-13/h2-3,8,12,19H,4-7,9-10H2,1H3/t12-/m1/s1. The van der Waals surface area contributed by atoms with E-state index < -0.39 is 0 Å². The highest BCUT2D eigenvalue weighted by atomic mass is 16.6. The van der Waals surface area contributed by atoms with Gasteiger partial charge in [-0.2, -0.15) is 0 Å². The van der Waals surface area contributed by atoms with E-state index in [4.69, 9.17) is 9.74 Å². The normalized spacial score (nSPS) is 21.6. The number of hydrogen-bond donors (Lipinski definition) is 1. The van der Waals surface area contributed by atoms with Crippen LogP contribution in [0.3, 0.4) is 0 Å². The number of hydrogen-bond acceptors (Lipinski definition) is 6. The molecule has 6 heteroatoms. The Hall–Kier alpha value is -1.50. The molecule has 108 valence electrons. The van der Waals surface area contributed by atoms with Crippen LogP contribution in [0.15, 0.2) is 22.8 Å². The van der Waals surface area contributed by atoms with Crippen LogP contribution in [0, 0.1) is 0 Å². The van der Waals surface area contributed by atoms with Crippen LogP contribution in [0.5, 0.6) is 0 Å². The van der Waals surface area contributed by atoms with E-state index in [9.17, 15) is 0 Å². The number of fused-ring (bicyclic) bond motifs is 1. The third-order valence-electron chi connectivity index (χ3n) is 4.05. The Labute approximate surface area is 117 Å². The smallest absolute Gasteiger partial charge is 0.135 e. The fraction of sp³-hybridized carbons (Fsp3) is 0.571. The summed E-state index contributed by atoms with van der Waals surface area (Å²) >= 11 is 0. The first-order chi connectivity index (χ1) is 9.76. The van der Waals surface area contributed by atoms with Crippen LogP contribution in [0.4, 0.5) is 0 Å². The van der Waals surface area contributed by atoms with E-state index in [1.165, 1.54) is 5.56 Å². The number of aliphatic hydroxyl groups is 1. The van der Waals surface area contributed by atoms with Gasteiger partial charge in [0, 0.05) is 38.8 Å². The summed E-state index contributed by atoms with van der Waals surface area (Å²) in [5.74, 6) is 0. The molecule has 0 aliphatic carbocycles. The van der Waals surface area contributed by atoms with E-state index in [0.717, 1.165) is 43.6 Å². The summed E-state index contributed by atoms with van der Waals surface area (Å²) in [5.41, 5.74) is 2.83. The molecule has 0 amide bonds. The third kappa shape index (κ3) is 2.82. The lowest BCUT2D eigenvalue weighted by molar-refractivity contribution is 0.0743. The SMILES string of the molecule is CN1CCN(Cc2ccc3nonc3c2)C[C@H]1CCO. The maximum Gasteiger partial charge on any atom is 0.135 e. The molecular formula is C14H20N4O2. The highest BCUT2D eigenvalue weighted by molar-refractivity contribution is 5.73. The number of aliphatic hydroxyl groups excluding tert-OH is 1. The van der Waals surface area contributed by atoms with Gasteiger partial charge in [-0.3, -0.25) is 4.90 Å². The van der Waals surface area contributed by atoms with Crippen LogP contribution < -0.4 is 0 Å². The van der Waals surface area contributed by atoms with Crippen molar-refractivity contribution in [3.8, 4) is 0 Å². The van der Waals surface area contributed by atoms with Crippen LogP contribution in [-0.2, 0) is 6.54 Å². The Morgan fingerprint density at radius 2 is 2.15 bits per heavy atom. The quantitative estimate of drug-likeness (QED) is 0.887. The van der Waals surface area contributed by atoms with E-state index in [1.54, 1.807) is 0 Å². The summed E-state index contributed by atoms with van der Waals surface area (Å²) < 4.78 is 4.72. The molecule has 2 aromatic rings.